The first-order valence-electron chi connectivity index (χ1n) is 6.24. The summed E-state index contributed by atoms with van der Waals surface area (Å²) >= 11 is 0. The van der Waals surface area contributed by atoms with Crippen LogP contribution in [0.4, 0.5) is 0 Å². The molecule has 0 aliphatic carbocycles. The Morgan fingerprint density at radius 1 is 1.38 bits per heavy atom. The van der Waals surface area contributed by atoms with Gasteiger partial charge in [-0.2, -0.15) is 0 Å². The lowest BCUT2D eigenvalue weighted by atomic mass is 9.87. The maximum Gasteiger partial charge on any atom is 0.119 e. The van der Waals surface area contributed by atoms with E-state index >= 15 is 0 Å². The van der Waals surface area contributed by atoms with E-state index in [0.29, 0.717) is 5.92 Å². The van der Waals surface area contributed by atoms with Gasteiger partial charge in [-0.3, -0.25) is 0 Å². The second-order valence-corrected chi connectivity index (χ2v) is 4.54. The average molecular weight is 219 g/mol. The van der Waals surface area contributed by atoms with Crippen LogP contribution in [-0.2, 0) is 0 Å². The van der Waals surface area contributed by atoms with Crippen LogP contribution in [0.5, 0.6) is 5.75 Å². The highest BCUT2D eigenvalue weighted by Crippen LogP contribution is 2.29. The molecule has 2 atom stereocenters. The maximum absolute atomic E-state index is 5.45. The standard InChI is InChI=1S/C14H21NO/c1-3-16-14-6-4-12(5-7-14)11(2)13-8-9-15-10-13/h4-7,11,13,15H,3,8-10H2,1-2H3. The molecule has 2 rings (SSSR count). The van der Waals surface area contributed by atoms with Gasteiger partial charge >= 0.3 is 0 Å². The Hall–Kier alpha value is -1.02. The minimum atomic E-state index is 0.644. The van der Waals surface area contributed by atoms with Gasteiger partial charge in [0.05, 0.1) is 6.61 Å². The molecular formula is C14H21NO. The molecule has 0 amide bonds. The predicted octanol–water partition coefficient (Wildman–Crippen LogP) is 2.80. The molecule has 1 aliphatic heterocycles. The first kappa shape index (κ1) is 11.5. The number of hydrogen-bond donors (Lipinski definition) is 1. The molecule has 16 heavy (non-hydrogen) atoms. The van der Waals surface area contributed by atoms with Crippen molar-refractivity contribution in [2.45, 2.75) is 26.2 Å². The average Bonchev–Trinajstić information content (AvgIpc) is 2.83. The van der Waals surface area contributed by atoms with Crippen LogP contribution >= 0.6 is 0 Å². The highest BCUT2D eigenvalue weighted by Gasteiger charge is 2.22. The lowest BCUT2D eigenvalue weighted by Gasteiger charge is -2.18. The molecule has 88 valence electrons. The second-order valence-electron chi connectivity index (χ2n) is 4.54. The summed E-state index contributed by atoms with van der Waals surface area (Å²) in [6, 6.07) is 8.57. The molecule has 1 N–H and O–H groups in total. The van der Waals surface area contributed by atoms with E-state index in [9.17, 15) is 0 Å². The topological polar surface area (TPSA) is 21.3 Å². The van der Waals surface area contributed by atoms with Gasteiger partial charge in [-0.05, 0) is 56.0 Å². The van der Waals surface area contributed by atoms with Crippen molar-refractivity contribution in [3.8, 4) is 5.75 Å². The predicted molar refractivity (Wildman–Crippen MR) is 67.0 cm³/mol. The summed E-state index contributed by atoms with van der Waals surface area (Å²) in [5, 5.41) is 3.43. The van der Waals surface area contributed by atoms with E-state index in [1.807, 2.05) is 6.92 Å². The third-order valence-electron chi connectivity index (χ3n) is 3.52. The van der Waals surface area contributed by atoms with E-state index in [-0.39, 0.29) is 0 Å². The van der Waals surface area contributed by atoms with Crippen molar-refractivity contribution in [2.24, 2.45) is 5.92 Å². The summed E-state index contributed by atoms with van der Waals surface area (Å²) in [4.78, 5) is 0. The zero-order chi connectivity index (χ0) is 11.4. The van der Waals surface area contributed by atoms with Crippen molar-refractivity contribution >= 4 is 0 Å². The summed E-state index contributed by atoms with van der Waals surface area (Å²) in [6.45, 7) is 7.41. The van der Waals surface area contributed by atoms with Crippen molar-refractivity contribution in [1.29, 1.82) is 0 Å². The van der Waals surface area contributed by atoms with Crippen molar-refractivity contribution in [3.63, 3.8) is 0 Å². The summed E-state index contributed by atoms with van der Waals surface area (Å²) in [7, 11) is 0. The van der Waals surface area contributed by atoms with Crippen LogP contribution in [0.2, 0.25) is 0 Å². The first-order valence-corrected chi connectivity index (χ1v) is 6.24. The SMILES string of the molecule is CCOc1ccc(C(C)C2CCNC2)cc1. The van der Waals surface area contributed by atoms with Gasteiger partial charge in [0.2, 0.25) is 0 Å². The molecule has 1 aromatic rings. The Morgan fingerprint density at radius 2 is 2.12 bits per heavy atom. The minimum absolute atomic E-state index is 0.644. The van der Waals surface area contributed by atoms with Gasteiger partial charge in [0.15, 0.2) is 0 Å². The minimum Gasteiger partial charge on any atom is -0.494 e. The summed E-state index contributed by atoms with van der Waals surface area (Å²) < 4.78 is 5.45. The molecule has 0 bridgehead atoms. The van der Waals surface area contributed by atoms with E-state index in [2.05, 4.69) is 36.5 Å². The Bertz CT molecular complexity index is 314. The zero-order valence-corrected chi connectivity index (χ0v) is 10.2. The van der Waals surface area contributed by atoms with Gasteiger partial charge in [0, 0.05) is 0 Å². The lowest BCUT2D eigenvalue weighted by Crippen LogP contribution is -2.14. The number of rotatable bonds is 4. The number of ether oxygens (including phenoxy) is 1. The van der Waals surface area contributed by atoms with E-state index in [4.69, 9.17) is 4.74 Å². The summed E-state index contributed by atoms with van der Waals surface area (Å²) in [5.41, 5.74) is 1.43. The van der Waals surface area contributed by atoms with Crippen LogP contribution in [-0.4, -0.2) is 19.7 Å². The smallest absolute Gasteiger partial charge is 0.119 e. The summed E-state index contributed by atoms with van der Waals surface area (Å²) in [5.74, 6) is 2.41. The van der Waals surface area contributed by atoms with Crippen molar-refractivity contribution in [3.05, 3.63) is 29.8 Å². The third-order valence-corrected chi connectivity index (χ3v) is 3.52. The molecule has 0 aromatic heterocycles. The van der Waals surface area contributed by atoms with Crippen molar-refractivity contribution < 1.29 is 4.74 Å². The van der Waals surface area contributed by atoms with Gasteiger partial charge in [-0.1, -0.05) is 19.1 Å². The quantitative estimate of drug-likeness (QED) is 0.840. The summed E-state index contributed by atoms with van der Waals surface area (Å²) in [6.07, 6.45) is 1.30. The zero-order valence-electron chi connectivity index (χ0n) is 10.2. The fraction of sp³-hybridized carbons (Fsp3) is 0.571. The monoisotopic (exact) mass is 219 g/mol. The van der Waals surface area contributed by atoms with Crippen LogP contribution in [0.25, 0.3) is 0 Å². The van der Waals surface area contributed by atoms with E-state index in [1.165, 1.54) is 18.5 Å². The lowest BCUT2D eigenvalue weighted by molar-refractivity contribution is 0.340. The van der Waals surface area contributed by atoms with Crippen molar-refractivity contribution in [1.82, 2.24) is 5.32 Å². The molecule has 1 heterocycles. The molecule has 1 aromatic carbocycles. The molecule has 2 heteroatoms. The third kappa shape index (κ3) is 2.56. The van der Waals surface area contributed by atoms with Gasteiger partial charge < -0.3 is 10.1 Å². The Balaban J connectivity index is 2.02. The molecule has 0 saturated carbocycles. The van der Waals surface area contributed by atoms with Crippen molar-refractivity contribution in [2.75, 3.05) is 19.7 Å². The van der Waals surface area contributed by atoms with Gasteiger partial charge in [-0.25, -0.2) is 0 Å². The largest absolute Gasteiger partial charge is 0.494 e. The Kier molecular flexibility index (Phi) is 3.83. The molecule has 1 aliphatic rings. The van der Waals surface area contributed by atoms with E-state index in [0.717, 1.165) is 24.8 Å². The normalized spacial score (nSPS) is 22.0. The van der Waals surface area contributed by atoms with Crippen LogP contribution in [0.15, 0.2) is 24.3 Å². The van der Waals surface area contributed by atoms with Crippen LogP contribution < -0.4 is 10.1 Å². The van der Waals surface area contributed by atoms with Gasteiger partial charge in [0.25, 0.3) is 0 Å². The first-order chi connectivity index (χ1) is 7.81. The molecule has 0 radical (unpaired) electrons. The van der Waals surface area contributed by atoms with Crippen LogP contribution in [0.3, 0.4) is 0 Å². The highest BCUT2D eigenvalue weighted by atomic mass is 16.5. The van der Waals surface area contributed by atoms with Crippen LogP contribution in [0.1, 0.15) is 31.7 Å². The number of benzene rings is 1. The molecule has 2 nitrogen and oxygen atoms in total. The van der Waals surface area contributed by atoms with Crippen LogP contribution in [0, 0.1) is 5.92 Å². The molecule has 1 fully saturated rings. The highest BCUT2D eigenvalue weighted by molar-refractivity contribution is 5.29. The fourth-order valence-corrected chi connectivity index (χ4v) is 2.41. The van der Waals surface area contributed by atoms with E-state index < -0.39 is 0 Å². The Labute approximate surface area is 98.0 Å². The fourth-order valence-electron chi connectivity index (χ4n) is 2.41. The number of hydrogen-bond acceptors (Lipinski definition) is 2. The van der Waals surface area contributed by atoms with Gasteiger partial charge in [-0.15, -0.1) is 0 Å². The molecule has 2 unspecified atom stereocenters. The number of nitrogens with one attached hydrogen (secondary N) is 1. The van der Waals surface area contributed by atoms with E-state index in [1.54, 1.807) is 0 Å². The Morgan fingerprint density at radius 3 is 2.69 bits per heavy atom. The molecular weight excluding hydrogens is 198 g/mol. The van der Waals surface area contributed by atoms with Gasteiger partial charge in [0.1, 0.15) is 5.75 Å². The second kappa shape index (κ2) is 5.35. The molecule has 1 saturated heterocycles. The maximum atomic E-state index is 5.45. The molecule has 0 spiro atoms.